The Morgan fingerprint density at radius 3 is 2.50 bits per heavy atom. The second-order valence-corrected chi connectivity index (χ2v) is 6.03. The Morgan fingerprint density at radius 1 is 1.29 bits per heavy atom. The van der Waals surface area contributed by atoms with Gasteiger partial charge in [0, 0.05) is 5.56 Å². The zero-order valence-corrected chi connectivity index (χ0v) is 14.9. The number of aromatic amines is 1. The third-order valence-corrected chi connectivity index (χ3v) is 4.16. The lowest BCUT2D eigenvalue weighted by molar-refractivity contribution is -0.142. The van der Waals surface area contributed by atoms with E-state index in [1.807, 2.05) is 0 Å². The topological polar surface area (TPSA) is 96.7 Å². The average molecular weight is 395 g/mol. The van der Waals surface area contributed by atoms with Gasteiger partial charge < -0.3 is 14.8 Å². The summed E-state index contributed by atoms with van der Waals surface area (Å²) in [5, 5.41) is 14.5. The zero-order valence-electron chi connectivity index (χ0n) is 14.9. The lowest BCUT2D eigenvalue weighted by Gasteiger charge is -2.08. The Balaban J connectivity index is 2.12. The van der Waals surface area contributed by atoms with E-state index in [4.69, 9.17) is 4.74 Å². The fraction of sp³-hybridized carbons (Fsp3) is 0.278. The largest absolute Gasteiger partial charge is 0.493 e. The number of carbonyl (C=O) groups excluding carboxylic acids is 1. The molecule has 2 aromatic heterocycles. The highest BCUT2D eigenvalue weighted by Crippen LogP contribution is 2.33. The number of aromatic nitrogens is 3. The van der Waals surface area contributed by atoms with Crippen molar-refractivity contribution in [3.63, 3.8) is 0 Å². The van der Waals surface area contributed by atoms with Crippen LogP contribution < -0.4 is 5.56 Å². The van der Waals surface area contributed by atoms with Gasteiger partial charge in [-0.3, -0.25) is 9.59 Å². The fourth-order valence-electron chi connectivity index (χ4n) is 2.90. The van der Waals surface area contributed by atoms with Crippen LogP contribution in [0, 0.1) is 6.92 Å². The molecule has 2 N–H and O–H groups in total. The molecule has 0 bridgehead atoms. The first-order valence-corrected chi connectivity index (χ1v) is 8.30. The van der Waals surface area contributed by atoms with Crippen LogP contribution >= 0.6 is 0 Å². The highest BCUT2D eigenvalue weighted by molar-refractivity contribution is 5.81. The number of nitrogens with zero attached hydrogens (tertiary/aromatic N) is 2. The van der Waals surface area contributed by atoms with Crippen LogP contribution in [0.1, 0.15) is 23.7 Å². The summed E-state index contributed by atoms with van der Waals surface area (Å²) in [5.41, 5.74) is -0.513. The number of H-pyrrole nitrogens is 1. The number of aryl methyl sites for hydroxylation is 1. The van der Waals surface area contributed by atoms with Crippen molar-refractivity contribution in [1.29, 1.82) is 0 Å². The predicted octanol–water partition coefficient (Wildman–Crippen LogP) is 2.83. The quantitative estimate of drug-likeness (QED) is 0.663. The Hall–Kier alpha value is -3.30. The highest BCUT2D eigenvalue weighted by atomic mass is 19.4. The van der Waals surface area contributed by atoms with Crippen molar-refractivity contribution >= 4 is 11.6 Å². The van der Waals surface area contributed by atoms with E-state index in [1.54, 1.807) is 13.8 Å². The third-order valence-electron chi connectivity index (χ3n) is 4.16. The van der Waals surface area contributed by atoms with E-state index in [0.29, 0.717) is 16.8 Å². The number of aromatic hydroxyl groups is 1. The van der Waals surface area contributed by atoms with E-state index in [9.17, 15) is 27.9 Å². The molecule has 0 aliphatic heterocycles. The number of rotatable bonds is 4. The summed E-state index contributed by atoms with van der Waals surface area (Å²) < 4.78 is 44.1. The summed E-state index contributed by atoms with van der Waals surface area (Å²) in [6.45, 7) is 3.32. The molecule has 0 saturated carbocycles. The van der Waals surface area contributed by atoms with Crippen LogP contribution in [0.15, 0.2) is 29.1 Å². The van der Waals surface area contributed by atoms with Crippen molar-refractivity contribution in [2.45, 2.75) is 26.4 Å². The van der Waals surface area contributed by atoms with Crippen molar-refractivity contribution < 1.29 is 27.8 Å². The molecule has 0 radical (unpaired) electrons. The molecule has 0 fully saturated rings. The number of hydrogen-bond acceptors (Lipinski definition) is 5. The summed E-state index contributed by atoms with van der Waals surface area (Å²) in [4.78, 5) is 26.5. The summed E-state index contributed by atoms with van der Waals surface area (Å²) in [5.74, 6) is -1.22. The van der Waals surface area contributed by atoms with Crippen molar-refractivity contribution in [2.24, 2.45) is 0 Å². The minimum Gasteiger partial charge on any atom is -0.493 e. The molecule has 0 aliphatic carbocycles. The second kappa shape index (κ2) is 7.02. The number of ether oxygens (including phenoxy) is 1. The van der Waals surface area contributed by atoms with Crippen LogP contribution in [0.2, 0.25) is 0 Å². The molecule has 148 valence electrons. The molecule has 0 saturated heterocycles. The lowest BCUT2D eigenvalue weighted by atomic mass is 10.0. The smallest absolute Gasteiger partial charge is 0.416 e. The van der Waals surface area contributed by atoms with Gasteiger partial charge in [0.25, 0.3) is 5.56 Å². The molecule has 3 aromatic rings. The van der Waals surface area contributed by atoms with E-state index in [0.717, 1.165) is 16.6 Å². The Bertz CT molecular complexity index is 1100. The van der Waals surface area contributed by atoms with Gasteiger partial charge >= 0.3 is 12.1 Å². The molecule has 3 rings (SSSR count). The van der Waals surface area contributed by atoms with Crippen LogP contribution in [0.3, 0.4) is 0 Å². The lowest BCUT2D eigenvalue weighted by Crippen LogP contribution is -2.20. The van der Waals surface area contributed by atoms with Crippen LogP contribution in [0.5, 0.6) is 5.88 Å². The summed E-state index contributed by atoms with van der Waals surface area (Å²) >= 11 is 0. The molecule has 10 heteroatoms. The predicted molar refractivity (Wildman–Crippen MR) is 93.0 cm³/mol. The van der Waals surface area contributed by atoms with E-state index in [1.165, 1.54) is 12.1 Å². The molecule has 28 heavy (non-hydrogen) atoms. The molecular weight excluding hydrogens is 379 g/mol. The van der Waals surface area contributed by atoms with Gasteiger partial charge in [-0.2, -0.15) is 22.8 Å². The minimum atomic E-state index is -4.47. The van der Waals surface area contributed by atoms with Crippen molar-refractivity contribution in [3.8, 4) is 17.0 Å². The van der Waals surface area contributed by atoms with Gasteiger partial charge in [-0.05, 0) is 31.5 Å². The van der Waals surface area contributed by atoms with Gasteiger partial charge in [-0.1, -0.05) is 12.1 Å². The first-order chi connectivity index (χ1) is 13.1. The number of hydrogen-bond donors (Lipinski definition) is 2. The number of benzene rings is 1. The van der Waals surface area contributed by atoms with Crippen LogP contribution in [-0.2, 0) is 22.1 Å². The highest BCUT2D eigenvalue weighted by Gasteiger charge is 2.30. The number of fused-ring (bicyclic) bond motifs is 1. The van der Waals surface area contributed by atoms with E-state index >= 15 is 0 Å². The molecule has 0 amide bonds. The van der Waals surface area contributed by atoms with Crippen molar-refractivity contribution in [1.82, 2.24) is 14.6 Å². The van der Waals surface area contributed by atoms with Gasteiger partial charge in [0.05, 0.1) is 29.8 Å². The molecule has 0 spiro atoms. The van der Waals surface area contributed by atoms with Gasteiger partial charge in [0.1, 0.15) is 5.65 Å². The fourth-order valence-corrected chi connectivity index (χ4v) is 2.90. The van der Waals surface area contributed by atoms with Crippen LogP contribution in [0.4, 0.5) is 13.2 Å². The standard InChI is InChI=1S/C18H16F3N3O4/c1-3-28-13(25)8-12-16(26)22-15-14(9(2)23-24(15)17(12)27)10-4-6-11(7-5-10)18(19,20)21/h4-7,27H,3,8H2,1-2H3,(H,22,26). The first kappa shape index (κ1) is 19.5. The molecule has 0 aliphatic rings. The van der Waals surface area contributed by atoms with Crippen molar-refractivity contribution in [2.75, 3.05) is 6.61 Å². The zero-order chi connectivity index (χ0) is 20.6. The molecular formula is C18H16F3N3O4. The minimum absolute atomic E-state index is 0.104. The Kier molecular flexibility index (Phi) is 4.88. The number of halogens is 3. The first-order valence-electron chi connectivity index (χ1n) is 8.30. The molecule has 0 atom stereocenters. The Morgan fingerprint density at radius 2 is 1.93 bits per heavy atom. The van der Waals surface area contributed by atoms with Gasteiger partial charge in [-0.15, -0.1) is 0 Å². The summed E-state index contributed by atoms with van der Waals surface area (Å²) in [7, 11) is 0. The summed E-state index contributed by atoms with van der Waals surface area (Å²) in [6, 6.07) is 4.36. The van der Waals surface area contributed by atoms with E-state index < -0.39 is 35.6 Å². The van der Waals surface area contributed by atoms with Gasteiger partial charge in [0.2, 0.25) is 5.88 Å². The van der Waals surface area contributed by atoms with E-state index in [2.05, 4.69) is 10.1 Å². The van der Waals surface area contributed by atoms with Crippen molar-refractivity contribution in [3.05, 3.63) is 51.4 Å². The molecule has 1 aromatic carbocycles. The second-order valence-electron chi connectivity index (χ2n) is 6.03. The molecule has 2 heterocycles. The normalized spacial score (nSPS) is 11.8. The number of carbonyl (C=O) groups is 1. The number of nitrogens with one attached hydrogen (secondary N) is 1. The maximum Gasteiger partial charge on any atom is 0.416 e. The van der Waals surface area contributed by atoms with Gasteiger partial charge in [0.15, 0.2) is 0 Å². The summed E-state index contributed by atoms with van der Waals surface area (Å²) in [6.07, 6.45) is -4.91. The number of alkyl halides is 3. The van der Waals surface area contributed by atoms with Crippen LogP contribution in [0.25, 0.3) is 16.8 Å². The third kappa shape index (κ3) is 3.45. The molecule has 7 nitrogen and oxygen atoms in total. The average Bonchev–Trinajstić information content (AvgIpc) is 2.94. The monoisotopic (exact) mass is 395 g/mol. The van der Waals surface area contributed by atoms with Gasteiger partial charge in [-0.25, -0.2) is 0 Å². The van der Waals surface area contributed by atoms with E-state index in [-0.39, 0.29) is 17.8 Å². The Labute approximate surface area is 156 Å². The van der Waals surface area contributed by atoms with Crippen LogP contribution in [-0.4, -0.2) is 32.3 Å². The maximum atomic E-state index is 12.8. The SMILES string of the molecule is CCOC(=O)Cc1c(O)n2nc(C)c(-c3ccc(C(F)(F)F)cc3)c2[nH]c1=O. The maximum absolute atomic E-state index is 12.8. The molecule has 0 unspecified atom stereocenters. The number of esters is 1.